The highest BCUT2D eigenvalue weighted by Gasteiger charge is 2.33. The van der Waals surface area contributed by atoms with Gasteiger partial charge in [0.15, 0.2) is 0 Å². The van der Waals surface area contributed by atoms with Crippen LogP contribution in [0, 0.1) is 5.92 Å². The topological polar surface area (TPSA) is 165 Å². The fourth-order valence-corrected chi connectivity index (χ4v) is 5.50. The number of benzene rings is 2. The second-order valence-corrected chi connectivity index (χ2v) is 11.9. The molecule has 1 heterocycles. The molecule has 0 spiro atoms. The third-order valence-electron chi connectivity index (χ3n) is 5.68. The summed E-state index contributed by atoms with van der Waals surface area (Å²) < 4.78 is 19.5. The lowest BCUT2D eigenvalue weighted by atomic mass is 10.0. The van der Waals surface area contributed by atoms with Gasteiger partial charge in [0.25, 0.3) is 0 Å². The van der Waals surface area contributed by atoms with E-state index < -0.39 is 49.3 Å². The number of hydrogen-bond donors (Lipinski definition) is 4. The van der Waals surface area contributed by atoms with Gasteiger partial charge in [-0.25, -0.2) is 0 Å². The number of nitrogens with one attached hydrogen (secondary N) is 2. The maximum absolute atomic E-state index is 13.3. The second kappa shape index (κ2) is 12.3. The van der Waals surface area contributed by atoms with Gasteiger partial charge < -0.3 is 25.8 Å². The highest BCUT2D eigenvalue weighted by molar-refractivity contribution is 9.10. The Kier molecular flexibility index (Phi) is 9.42. The first kappa shape index (κ1) is 28.3. The number of rotatable bonds is 11. The van der Waals surface area contributed by atoms with E-state index >= 15 is 0 Å². The van der Waals surface area contributed by atoms with Crippen LogP contribution in [0.4, 0.5) is 0 Å². The molecule has 0 aliphatic carbocycles. The fourth-order valence-electron chi connectivity index (χ4n) is 3.52. The van der Waals surface area contributed by atoms with Crippen LogP contribution in [0.25, 0.3) is 11.3 Å². The van der Waals surface area contributed by atoms with Gasteiger partial charge in [-0.2, -0.15) is 0 Å². The SMILES string of the molecule is C[C@H](NC(=O)[C@H](C)NC(=O)[C@H](Cc1cc(-c2ccccc2)no1)CP(=O)(O)c1ccc(Br)cc1)C(N)=O. The molecule has 3 rings (SSSR count). The van der Waals surface area contributed by atoms with Crippen LogP contribution in [-0.4, -0.2) is 46.0 Å². The first-order chi connectivity index (χ1) is 17.5. The highest BCUT2D eigenvalue weighted by Crippen LogP contribution is 2.42. The lowest BCUT2D eigenvalue weighted by Gasteiger charge is -2.22. The Labute approximate surface area is 222 Å². The monoisotopic (exact) mass is 590 g/mol. The molecule has 196 valence electrons. The van der Waals surface area contributed by atoms with Crippen LogP contribution in [0.3, 0.4) is 0 Å². The van der Waals surface area contributed by atoms with Crippen LogP contribution in [0.2, 0.25) is 0 Å². The molecule has 37 heavy (non-hydrogen) atoms. The number of hydrogen-bond acceptors (Lipinski definition) is 6. The molecule has 3 aromatic rings. The number of primary amides is 1. The van der Waals surface area contributed by atoms with Crippen molar-refractivity contribution in [1.82, 2.24) is 15.8 Å². The molecule has 1 unspecified atom stereocenters. The van der Waals surface area contributed by atoms with Gasteiger partial charge in [-0.1, -0.05) is 51.4 Å². The summed E-state index contributed by atoms with van der Waals surface area (Å²) in [5.74, 6) is -2.66. The van der Waals surface area contributed by atoms with Crippen molar-refractivity contribution in [3.05, 3.63) is 70.9 Å². The molecule has 0 saturated carbocycles. The lowest BCUT2D eigenvalue weighted by Crippen LogP contribution is -2.52. The van der Waals surface area contributed by atoms with Crippen molar-refractivity contribution >= 4 is 46.3 Å². The normalized spacial score (nSPS) is 15.1. The van der Waals surface area contributed by atoms with E-state index in [1.165, 1.54) is 26.0 Å². The third kappa shape index (κ3) is 7.85. The molecular weight excluding hydrogens is 563 g/mol. The average Bonchev–Trinajstić information content (AvgIpc) is 3.32. The van der Waals surface area contributed by atoms with E-state index in [0.717, 1.165) is 10.0 Å². The molecule has 0 fully saturated rings. The van der Waals surface area contributed by atoms with Gasteiger partial charge in [0.2, 0.25) is 25.1 Å². The van der Waals surface area contributed by atoms with Crippen LogP contribution >= 0.6 is 23.3 Å². The van der Waals surface area contributed by atoms with E-state index in [9.17, 15) is 23.8 Å². The van der Waals surface area contributed by atoms with E-state index in [0.29, 0.717) is 11.5 Å². The van der Waals surface area contributed by atoms with Gasteiger partial charge in [0.1, 0.15) is 23.5 Å². The third-order valence-corrected chi connectivity index (χ3v) is 8.25. The molecule has 1 aromatic heterocycles. The molecule has 10 nitrogen and oxygen atoms in total. The van der Waals surface area contributed by atoms with Crippen LogP contribution in [0.5, 0.6) is 0 Å². The first-order valence-electron chi connectivity index (χ1n) is 11.5. The fraction of sp³-hybridized carbons (Fsp3) is 0.280. The summed E-state index contributed by atoms with van der Waals surface area (Å²) >= 11 is 3.30. The largest absolute Gasteiger partial charge is 0.368 e. The Morgan fingerprint density at radius 3 is 2.27 bits per heavy atom. The van der Waals surface area contributed by atoms with Crippen molar-refractivity contribution in [1.29, 1.82) is 0 Å². The highest BCUT2D eigenvalue weighted by atomic mass is 79.9. The standard InChI is InChI=1S/C25H28BrN4O6P/c1-15(23(27)31)28-24(32)16(2)29-25(33)18(14-37(34,35)21-10-8-19(26)9-11-21)12-20-13-22(30-36-20)17-6-4-3-5-7-17/h3-11,13,15-16,18H,12,14H2,1-2H3,(H2,27,31)(H,28,32)(H,29,33)(H,34,35)/t15-,16-,18+/m0/s1. The second-order valence-electron chi connectivity index (χ2n) is 8.67. The van der Waals surface area contributed by atoms with Crippen LogP contribution < -0.4 is 21.7 Å². The van der Waals surface area contributed by atoms with Crippen LogP contribution in [0.1, 0.15) is 19.6 Å². The van der Waals surface area contributed by atoms with E-state index in [4.69, 9.17) is 10.3 Å². The van der Waals surface area contributed by atoms with E-state index in [1.54, 1.807) is 18.2 Å². The van der Waals surface area contributed by atoms with Gasteiger partial charge in [-0.3, -0.25) is 18.9 Å². The Balaban J connectivity index is 1.81. The molecule has 2 aromatic carbocycles. The number of carbonyl (C=O) groups excluding carboxylic acids is 3. The molecule has 3 amide bonds. The van der Waals surface area contributed by atoms with E-state index in [-0.39, 0.29) is 11.7 Å². The molecule has 0 aliphatic rings. The maximum atomic E-state index is 13.3. The minimum absolute atomic E-state index is 0.0290. The smallest absolute Gasteiger partial charge is 0.242 e. The zero-order chi connectivity index (χ0) is 27.2. The number of nitrogens with zero attached hydrogens (tertiary/aromatic N) is 1. The van der Waals surface area contributed by atoms with Crippen molar-refractivity contribution in [3.63, 3.8) is 0 Å². The van der Waals surface area contributed by atoms with E-state index in [1.807, 2.05) is 30.3 Å². The molecule has 0 saturated heterocycles. The Morgan fingerprint density at radius 1 is 1.03 bits per heavy atom. The molecule has 0 radical (unpaired) electrons. The number of aromatic nitrogens is 1. The van der Waals surface area contributed by atoms with Gasteiger partial charge in [0, 0.05) is 34.0 Å². The number of carbonyl (C=O) groups is 3. The molecule has 0 bridgehead atoms. The average molecular weight is 591 g/mol. The molecule has 12 heteroatoms. The summed E-state index contributed by atoms with van der Waals surface area (Å²) in [5, 5.41) is 9.21. The van der Waals surface area contributed by atoms with Gasteiger partial charge in [0.05, 0.1) is 5.92 Å². The summed E-state index contributed by atoms with van der Waals surface area (Å²) in [7, 11) is -3.97. The van der Waals surface area contributed by atoms with E-state index in [2.05, 4.69) is 31.7 Å². The zero-order valence-electron chi connectivity index (χ0n) is 20.3. The number of nitrogens with two attached hydrogens (primary N) is 1. The van der Waals surface area contributed by atoms with Crippen LogP contribution in [-0.2, 0) is 25.4 Å². The predicted octanol–water partition coefficient (Wildman–Crippen LogP) is 2.35. The molecule has 4 atom stereocenters. The van der Waals surface area contributed by atoms with Crippen molar-refractivity contribution in [2.75, 3.05) is 6.16 Å². The number of halogens is 1. The summed E-state index contributed by atoms with van der Waals surface area (Å²) in [4.78, 5) is 47.8. The summed E-state index contributed by atoms with van der Waals surface area (Å²) in [6, 6.07) is 15.3. The van der Waals surface area contributed by atoms with Crippen LogP contribution in [0.15, 0.2) is 69.7 Å². The van der Waals surface area contributed by atoms with Crippen molar-refractivity contribution in [2.45, 2.75) is 32.4 Å². The molecule has 5 N–H and O–H groups in total. The first-order valence-corrected chi connectivity index (χ1v) is 14.1. The van der Waals surface area contributed by atoms with Gasteiger partial charge >= 0.3 is 0 Å². The summed E-state index contributed by atoms with van der Waals surface area (Å²) in [6.07, 6.45) is -0.424. The minimum Gasteiger partial charge on any atom is -0.368 e. The summed E-state index contributed by atoms with van der Waals surface area (Å²) in [6.45, 7) is 2.86. The van der Waals surface area contributed by atoms with Gasteiger partial charge in [-0.05, 0) is 38.1 Å². The van der Waals surface area contributed by atoms with Crippen molar-refractivity contribution < 1.29 is 28.4 Å². The van der Waals surface area contributed by atoms with Crippen molar-refractivity contribution in [3.8, 4) is 11.3 Å². The molecule has 0 aliphatic heterocycles. The Bertz CT molecular complexity index is 1300. The maximum Gasteiger partial charge on any atom is 0.242 e. The predicted molar refractivity (Wildman–Crippen MR) is 142 cm³/mol. The lowest BCUT2D eigenvalue weighted by molar-refractivity contribution is -0.132. The van der Waals surface area contributed by atoms with Crippen molar-refractivity contribution in [2.24, 2.45) is 11.7 Å². The summed E-state index contributed by atoms with van der Waals surface area (Å²) in [5.41, 5.74) is 6.55. The molecular formula is C25H28BrN4O6P. The Morgan fingerprint density at radius 2 is 1.65 bits per heavy atom. The number of amides is 3. The zero-order valence-corrected chi connectivity index (χ0v) is 22.7. The minimum atomic E-state index is -3.97. The quantitative estimate of drug-likeness (QED) is 0.249. The van der Waals surface area contributed by atoms with Gasteiger partial charge in [-0.15, -0.1) is 0 Å². The Hall–Kier alpha value is -3.27.